The molecule has 2 aromatic heterocycles. The maximum atomic E-state index is 13.5. The van der Waals surface area contributed by atoms with E-state index in [1.807, 2.05) is 13.8 Å². The van der Waals surface area contributed by atoms with Crippen molar-refractivity contribution in [2.75, 3.05) is 16.2 Å². The molecule has 0 atom stereocenters. The summed E-state index contributed by atoms with van der Waals surface area (Å²) >= 11 is 0. The Morgan fingerprint density at radius 3 is 2.64 bits per heavy atom. The van der Waals surface area contributed by atoms with Crippen molar-refractivity contribution in [2.24, 2.45) is 10.3 Å². The van der Waals surface area contributed by atoms with E-state index >= 15 is 0 Å². The van der Waals surface area contributed by atoms with Crippen LogP contribution in [-0.2, 0) is 27.5 Å². The summed E-state index contributed by atoms with van der Waals surface area (Å²) in [7, 11) is -7.31. The van der Waals surface area contributed by atoms with Gasteiger partial charge in [0.25, 0.3) is 15.6 Å². The third-order valence-corrected chi connectivity index (χ3v) is 7.94. The summed E-state index contributed by atoms with van der Waals surface area (Å²) in [4.78, 5) is 17.5. The molecule has 0 fully saturated rings. The molecule has 0 saturated carbocycles. The molecule has 192 valence electrons. The fourth-order valence-corrected chi connectivity index (χ4v) is 5.82. The van der Waals surface area contributed by atoms with Crippen LogP contribution in [0.3, 0.4) is 0 Å². The van der Waals surface area contributed by atoms with Gasteiger partial charge in [-0.3, -0.25) is 13.7 Å². The molecule has 36 heavy (non-hydrogen) atoms. The normalized spacial score (nSPS) is 14.5. The molecule has 1 aromatic carbocycles. The van der Waals surface area contributed by atoms with Crippen LogP contribution in [-0.4, -0.2) is 43.9 Å². The van der Waals surface area contributed by atoms with Gasteiger partial charge in [0.1, 0.15) is 21.9 Å². The first-order valence-corrected chi connectivity index (χ1v) is 14.0. The number of fused-ring (bicyclic) bond motifs is 2. The number of rotatable bonds is 8. The van der Waals surface area contributed by atoms with Gasteiger partial charge in [-0.25, -0.2) is 13.4 Å². The zero-order chi connectivity index (χ0) is 26.2. The van der Waals surface area contributed by atoms with Crippen LogP contribution in [0.1, 0.15) is 39.2 Å². The van der Waals surface area contributed by atoms with Crippen LogP contribution in [0, 0.1) is 5.92 Å². The molecule has 0 bridgehead atoms. The predicted molar refractivity (Wildman–Crippen MR) is 139 cm³/mol. The van der Waals surface area contributed by atoms with Gasteiger partial charge in [-0.2, -0.15) is 8.42 Å². The van der Waals surface area contributed by atoms with E-state index in [0.717, 1.165) is 4.31 Å². The average molecular weight is 534 g/mol. The number of aromatic hydroxyl groups is 1. The van der Waals surface area contributed by atoms with Crippen molar-refractivity contribution in [3.8, 4) is 5.75 Å². The first kappa shape index (κ1) is 25.6. The molecular formula is C23H27N5O6S2. The van der Waals surface area contributed by atoms with Gasteiger partial charge in [0, 0.05) is 19.3 Å². The van der Waals surface area contributed by atoms with Crippen molar-refractivity contribution in [2.45, 2.75) is 45.1 Å². The van der Waals surface area contributed by atoms with E-state index < -0.39 is 32.2 Å². The van der Waals surface area contributed by atoms with Crippen molar-refractivity contribution >= 4 is 49.2 Å². The molecule has 0 amide bonds. The quantitative estimate of drug-likeness (QED) is 0.374. The first-order chi connectivity index (χ1) is 17.0. The van der Waals surface area contributed by atoms with Crippen LogP contribution in [0.5, 0.6) is 5.75 Å². The topological polar surface area (TPSA) is 151 Å². The molecule has 3 heterocycles. The van der Waals surface area contributed by atoms with Gasteiger partial charge >= 0.3 is 0 Å². The van der Waals surface area contributed by atoms with Gasteiger partial charge < -0.3 is 10.4 Å². The zero-order valence-electron chi connectivity index (χ0n) is 20.0. The fourth-order valence-electron chi connectivity index (χ4n) is 4.01. The molecule has 0 saturated heterocycles. The molecule has 2 N–H and O–H groups in total. The maximum Gasteiger partial charge on any atom is 0.286 e. The Kier molecular flexibility index (Phi) is 7.05. The van der Waals surface area contributed by atoms with Crippen LogP contribution in [0.4, 0.5) is 11.4 Å². The van der Waals surface area contributed by atoms with Crippen LogP contribution in [0.25, 0.3) is 11.0 Å². The van der Waals surface area contributed by atoms with Crippen LogP contribution in [0.15, 0.2) is 50.6 Å². The lowest BCUT2D eigenvalue weighted by Crippen LogP contribution is -2.33. The van der Waals surface area contributed by atoms with E-state index in [0.29, 0.717) is 19.4 Å². The van der Waals surface area contributed by atoms with E-state index in [1.165, 1.54) is 29.0 Å². The number of amidine groups is 1. The number of hydrogen-bond donors (Lipinski definition) is 3. The maximum absolute atomic E-state index is 13.5. The minimum Gasteiger partial charge on any atom is -0.506 e. The van der Waals surface area contributed by atoms with Crippen LogP contribution >= 0.6 is 0 Å². The van der Waals surface area contributed by atoms with E-state index in [2.05, 4.69) is 14.7 Å². The molecule has 0 spiro atoms. The molecule has 4 rings (SSSR count). The number of thiol groups is 1. The molecule has 0 unspecified atom stereocenters. The standard InChI is InChI=1S/C23H27N5O6S2/c1-4-11-28(35(31)32)15-7-8-17-18(13-15)36(33,34)26-21(25-17)19-20(29)16-6-5-10-24-22(16)27(23(19)30)12-9-14(2)3/h5-8,10,13-14,29,35H,4,9,11-12H2,1-3H3,(H,25,26). The largest absolute Gasteiger partial charge is 0.506 e. The molecule has 3 aromatic rings. The van der Waals surface area contributed by atoms with Gasteiger partial charge in [-0.05, 0) is 49.1 Å². The Labute approximate surface area is 210 Å². The van der Waals surface area contributed by atoms with Crippen molar-refractivity contribution < 1.29 is 21.9 Å². The zero-order valence-corrected chi connectivity index (χ0v) is 21.7. The molecule has 13 heteroatoms. The molecule has 11 nitrogen and oxygen atoms in total. The highest BCUT2D eigenvalue weighted by Crippen LogP contribution is 2.34. The smallest absolute Gasteiger partial charge is 0.286 e. The number of nitrogens with one attached hydrogen (secondary N) is 1. The second kappa shape index (κ2) is 9.90. The van der Waals surface area contributed by atoms with E-state index in [9.17, 15) is 26.7 Å². The summed E-state index contributed by atoms with van der Waals surface area (Å²) in [5, 5.41) is 14.1. The lowest BCUT2D eigenvalue weighted by Gasteiger charge is -2.23. The lowest BCUT2D eigenvalue weighted by molar-refractivity contribution is 0.473. The second-order valence-electron chi connectivity index (χ2n) is 8.82. The number of nitrogens with zero attached hydrogens (tertiary/aromatic N) is 4. The summed E-state index contributed by atoms with van der Waals surface area (Å²) in [5.74, 6) is -0.457. The SMILES string of the molecule is CCCN(c1ccc2c(c1)S(=O)(=O)N=C(c1c(O)c3cccnc3n(CCC(C)C)c1=O)N2)[SH](=O)=O. The highest BCUT2D eigenvalue weighted by molar-refractivity contribution is 7.90. The first-order valence-electron chi connectivity index (χ1n) is 11.4. The van der Waals surface area contributed by atoms with Crippen molar-refractivity contribution in [1.82, 2.24) is 9.55 Å². The Hall–Kier alpha value is -3.45. The lowest BCUT2D eigenvalue weighted by atomic mass is 10.1. The van der Waals surface area contributed by atoms with E-state index in [1.54, 1.807) is 19.1 Å². The average Bonchev–Trinajstić information content (AvgIpc) is 2.82. The number of pyridine rings is 2. The molecule has 1 aliphatic heterocycles. The number of aromatic nitrogens is 2. The van der Waals surface area contributed by atoms with Crippen LogP contribution < -0.4 is 15.2 Å². The van der Waals surface area contributed by atoms with Gasteiger partial charge in [-0.1, -0.05) is 20.8 Å². The van der Waals surface area contributed by atoms with Crippen LogP contribution in [0.2, 0.25) is 0 Å². The van der Waals surface area contributed by atoms with Crippen molar-refractivity contribution in [1.29, 1.82) is 0 Å². The second-order valence-corrected chi connectivity index (χ2v) is 11.3. The molecular weight excluding hydrogens is 506 g/mol. The Morgan fingerprint density at radius 2 is 1.97 bits per heavy atom. The number of sulfonamides is 1. The molecule has 0 aliphatic carbocycles. The molecule has 0 radical (unpaired) electrons. The number of hydrogen-bond acceptors (Lipinski definition) is 8. The Balaban J connectivity index is 1.88. The van der Waals surface area contributed by atoms with Crippen molar-refractivity contribution in [3.05, 3.63) is 52.4 Å². The molecule has 1 aliphatic rings. The van der Waals surface area contributed by atoms with Gasteiger partial charge in [0.15, 0.2) is 5.84 Å². The monoisotopic (exact) mass is 533 g/mol. The summed E-state index contributed by atoms with van der Waals surface area (Å²) in [6.07, 6.45) is 2.71. The van der Waals surface area contributed by atoms with E-state index in [-0.39, 0.29) is 51.2 Å². The number of aryl methyl sites for hydroxylation is 1. The highest BCUT2D eigenvalue weighted by atomic mass is 32.2. The minimum absolute atomic E-state index is 0.111. The summed E-state index contributed by atoms with van der Waals surface area (Å²) in [6.45, 7) is 6.33. The number of benzene rings is 1. The van der Waals surface area contributed by atoms with Gasteiger partial charge in [0.05, 0.1) is 16.8 Å². The van der Waals surface area contributed by atoms with E-state index in [4.69, 9.17) is 0 Å². The van der Waals surface area contributed by atoms with Crippen molar-refractivity contribution in [3.63, 3.8) is 0 Å². The summed E-state index contributed by atoms with van der Waals surface area (Å²) in [6, 6.07) is 7.31. The minimum atomic E-state index is -4.33. The predicted octanol–water partition coefficient (Wildman–Crippen LogP) is 2.45. The third-order valence-electron chi connectivity index (χ3n) is 5.80. The van der Waals surface area contributed by atoms with Gasteiger partial charge in [-0.15, -0.1) is 4.40 Å². The Bertz CT molecular complexity index is 1600. The number of anilines is 2. The van der Waals surface area contributed by atoms with Gasteiger partial charge in [0.2, 0.25) is 10.9 Å². The highest BCUT2D eigenvalue weighted by Gasteiger charge is 2.31. The summed E-state index contributed by atoms with van der Waals surface area (Å²) in [5.41, 5.74) is -0.325. The summed E-state index contributed by atoms with van der Waals surface area (Å²) < 4.78 is 55.9. The fraction of sp³-hybridized carbons (Fsp3) is 0.348. The Morgan fingerprint density at radius 1 is 1.22 bits per heavy atom. The third kappa shape index (κ3) is 4.67.